The van der Waals surface area contributed by atoms with Gasteiger partial charge >= 0.3 is 12.2 Å². The number of amides is 3. The monoisotopic (exact) mass is 425 g/mol. The number of benzene rings is 2. The molecule has 0 aliphatic carbocycles. The molecule has 2 aliphatic heterocycles. The Labute approximate surface area is 178 Å². The molecule has 9 heteroatoms. The van der Waals surface area contributed by atoms with Gasteiger partial charge in [0.1, 0.15) is 0 Å². The molecule has 9 nitrogen and oxygen atoms in total. The van der Waals surface area contributed by atoms with Crippen LogP contribution in [0.25, 0.3) is 11.1 Å². The van der Waals surface area contributed by atoms with Gasteiger partial charge in [-0.25, -0.2) is 9.59 Å². The van der Waals surface area contributed by atoms with Gasteiger partial charge in [0.05, 0.1) is 30.1 Å². The molecule has 2 atom stereocenters. The fourth-order valence-corrected chi connectivity index (χ4v) is 4.19. The van der Waals surface area contributed by atoms with Crippen molar-refractivity contribution in [1.29, 1.82) is 0 Å². The Morgan fingerprint density at radius 1 is 0.903 bits per heavy atom. The van der Waals surface area contributed by atoms with Gasteiger partial charge in [-0.05, 0) is 48.7 Å². The molecule has 0 spiro atoms. The summed E-state index contributed by atoms with van der Waals surface area (Å²) < 4.78 is 0. The first kappa shape index (κ1) is 20.7. The van der Waals surface area contributed by atoms with Crippen molar-refractivity contribution >= 4 is 29.5 Å². The fourth-order valence-electron chi connectivity index (χ4n) is 4.19. The molecule has 4 rings (SSSR count). The second-order valence-corrected chi connectivity index (χ2v) is 7.87. The van der Waals surface area contributed by atoms with Crippen LogP contribution in [-0.2, 0) is 0 Å². The molecule has 0 radical (unpaired) electrons. The number of β-amino-alcohol motifs (C(OH)–C–C–N with tert-alkyl or cyclic N) is 1. The SMILES string of the molecule is C[C@H]1CN(C(=O)O)c2cc(-c3ccc(C(=O)N4CC[C@H](O)C4)cc3)ccc2N1C(=O)O. The lowest BCUT2D eigenvalue weighted by Crippen LogP contribution is -2.51. The highest BCUT2D eigenvalue weighted by atomic mass is 16.4. The molecule has 1 fully saturated rings. The number of carbonyl (C=O) groups is 3. The third-order valence-electron chi connectivity index (χ3n) is 5.77. The van der Waals surface area contributed by atoms with Gasteiger partial charge in [-0.3, -0.25) is 14.6 Å². The van der Waals surface area contributed by atoms with E-state index in [0.29, 0.717) is 42.0 Å². The zero-order valence-electron chi connectivity index (χ0n) is 16.9. The summed E-state index contributed by atoms with van der Waals surface area (Å²) in [6, 6.07) is 11.4. The van der Waals surface area contributed by atoms with Crippen molar-refractivity contribution in [3.05, 3.63) is 48.0 Å². The number of hydrogen-bond donors (Lipinski definition) is 3. The predicted molar refractivity (Wildman–Crippen MR) is 114 cm³/mol. The molecule has 0 saturated carbocycles. The number of rotatable bonds is 2. The van der Waals surface area contributed by atoms with E-state index in [2.05, 4.69) is 0 Å². The van der Waals surface area contributed by atoms with Crippen LogP contribution < -0.4 is 9.80 Å². The Hall–Kier alpha value is -3.59. The van der Waals surface area contributed by atoms with Crippen LogP contribution in [0, 0.1) is 0 Å². The number of carboxylic acid groups (broad SMARTS) is 2. The van der Waals surface area contributed by atoms with Crippen molar-refractivity contribution in [2.75, 3.05) is 29.4 Å². The summed E-state index contributed by atoms with van der Waals surface area (Å²) in [6.07, 6.45) is -2.19. The minimum Gasteiger partial charge on any atom is -0.465 e. The molecule has 3 N–H and O–H groups in total. The third kappa shape index (κ3) is 3.79. The fraction of sp³-hybridized carbons (Fsp3) is 0.318. The average Bonchev–Trinajstić information content (AvgIpc) is 3.18. The predicted octanol–water partition coefficient (Wildman–Crippen LogP) is 2.93. The lowest BCUT2D eigenvalue weighted by Gasteiger charge is -2.38. The van der Waals surface area contributed by atoms with Gasteiger partial charge in [0.25, 0.3) is 5.91 Å². The normalized spacial score (nSPS) is 20.5. The van der Waals surface area contributed by atoms with Crippen molar-refractivity contribution in [1.82, 2.24) is 4.90 Å². The highest BCUT2D eigenvalue weighted by Gasteiger charge is 2.35. The molecule has 2 heterocycles. The van der Waals surface area contributed by atoms with Crippen LogP contribution in [0.2, 0.25) is 0 Å². The molecule has 0 bridgehead atoms. The lowest BCUT2D eigenvalue weighted by atomic mass is 10.00. The van der Waals surface area contributed by atoms with Crippen LogP contribution in [0.1, 0.15) is 23.7 Å². The van der Waals surface area contributed by atoms with Gasteiger partial charge in [0, 0.05) is 18.7 Å². The number of hydrogen-bond acceptors (Lipinski definition) is 4. The van der Waals surface area contributed by atoms with E-state index in [0.717, 1.165) is 10.5 Å². The topological polar surface area (TPSA) is 122 Å². The Morgan fingerprint density at radius 2 is 1.58 bits per heavy atom. The molecule has 1 saturated heterocycles. The molecule has 0 aromatic heterocycles. The summed E-state index contributed by atoms with van der Waals surface area (Å²) in [7, 11) is 0. The summed E-state index contributed by atoms with van der Waals surface area (Å²) in [5, 5.41) is 28.8. The number of aliphatic hydroxyl groups is 1. The molecular formula is C22H23N3O6. The zero-order valence-corrected chi connectivity index (χ0v) is 16.9. The Bertz CT molecular complexity index is 1040. The number of nitrogens with zero attached hydrogens (tertiary/aromatic N) is 3. The van der Waals surface area contributed by atoms with Crippen LogP contribution in [-0.4, -0.2) is 70.1 Å². The van der Waals surface area contributed by atoms with E-state index in [-0.39, 0.29) is 12.5 Å². The zero-order chi connectivity index (χ0) is 22.3. The highest BCUT2D eigenvalue weighted by molar-refractivity contribution is 6.01. The minimum atomic E-state index is -1.15. The molecule has 2 aromatic carbocycles. The van der Waals surface area contributed by atoms with Gasteiger partial charge < -0.3 is 20.2 Å². The van der Waals surface area contributed by atoms with Crippen LogP contribution in [0.4, 0.5) is 21.0 Å². The van der Waals surface area contributed by atoms with Gasteiger partial charge in [0.2, 0.25) is 0 Å². The molecular weight excluding hydrogens is 402 g/mol. The summed E-state index contributed by atoms with van der Waals surface area (Å²) in [6.45, 7) is 2.55. The number of fused-ring (bicyclic) bond motifs is 1. The molecule has 0 unspecified atom stereocenters. The Morgan fingerprint density at radius 3 is 2.16 bits per heavy atom. The summed E-state index contributed by atoms with van der Waals surface area (Å²) in [5.74, 6) is -0.142. The van der Waals surface area contributed by atoms with E-state index in [1.807, 2.05) is 0 Å². The molecule has 162 valence electrons. The van der Waals surface area contributed by atoms with Crippen LogP contribution in [0.15, 0.2) is 42.5 Å². The van der Waals surface area contributed by atoms with Gasteiger partial charge in [-0.15, -0.1) is 0 Å². The standard InChI is InChI=1S/C22H23N3O6/c1-13-11-24(21(28)29)19-10-16(6-7-18(19)25(13)22(30)31)14-2-4-15(5-3-14)20(27)23-9-8-17(26)12-23/h2-7,10,13,17,26H,8-9,11-12H2,1H3,(H,28,29)(H,30,31)/t13-,17-/m0/s1. The maximum absolute atomic E-state index is 12.6. The van der Waals surface area contributed by atoms with E-state index in [1.54, 1.807) is 54.3 Å². The first-order valence-electron chi connectivity index (χ1n) is 10.0. The summed E-state index contributed by atoms with van der Waals surface area (Å²) in [5.41, 5.74) is 2.61. The molecule has 31 heavy (non-hydrogen) atoms. The van der Waals surface area contributed by atoms with Crippen molar-refractivity contribution in [2.24, 2.45) is 0 Å². The number of anilines is 2. The minimum absolute atomic E-state index is 0.0349. The van der Waals surface area contributed by atoms with Gasteiger partial charge in [-0.1, -0.05) is 18.2 Å². The maximum Gasteiger partial charge on any atom is 0.412 e. The van der Waals surface area contributed by atoms with Crippen molar-refractivity contribution in [2.45, 2.75) is 25.5 Å². The van der Waals surface area contributed by atoms with E-state index in [4.69, 9.17) is 0 Å². The second kappa shape index (κ2) is 7.92. The van der Waals surface area contributed by atoms with Crippen LogP contribution >= 0.6 is 0 Å². The van der Waals surface area contributed by atoms with Crippen molar-refractivity contribution < 1.29 is 29.7 Å². The van der Waals surface area contributed by atoms with Crippen molar-refractivity contribution in [3.63, 3.8) is 0 Å². The van der Waals surface area contributed by atoms with Gasteiger partial charge in [0.15, 0.2) is 0 Å². The molecule has 2 aromatic rings. The number of carbonyl (C=O) groups excluding carboxylic acids is 1. The van der Waals surface area contributed by atoms with E-state index >= 15 is 0 Å². The van der Waals surface area contributed by atoms with Crippen LogP contribution in [0.5, 0.6) is 0 Å². The van der Waals surface area contributed by atoms with Crippen LogP contribution in [0.3, 0.4) is 0 Å². The largest absolute Gasteiger partial charge is 0.465 e. The first-order valence-corrected chi connectivity index (χ1v) is 10.0. The third-order valence-corrected chi connectivity index (χ3v) is 5.77. The van der Waals surface area contributed by atoms with Crippen molar-refractivity contribution in [3.8, 4) is 11.1 Å². The smallest absolute Gasteiger partial charge is 0.412 e. The molecule has 3 amide bonds. The maximum atomic E-state index is 12.6. The highest BCUT2D eigenvalue weighted by Crippen LogP contribution is 2.39. The Kier molecular flexibility index (Phi) is 5.28. The number of aliphatic hydroxyl groups excluding tert-OH is 1. The molecule has 2 aliphatic rings. The van der Waals surface area contributed by atoms with Gasteiger partial charge in [-0.2, -0.15) is 0 Å². The lowest BCUT2D eigenvalue weighted by molar-refractivity contribution is 0.0765. The van der Waals surface area contributed by atoms with E-state index in [9.17, 15) is 29.7 Å². The second-order valence-electron chi connectivity index (χ2n) is 7.87. The Balaban J connectivity index is 1.65. The van der Waals surface area contributed by atoms with E-state index in [1.165, 1.54) is 4.90 Å². The quantitative estimate of drug-likeness (QED) is 0.680. The summed E-state index contributed by atoms with van der Waals surface area (Å²) >= 11 is 0. The average molecular weight is 425 g/mol. The van der Waals surface area contributed by atoms with E-state index < -0.39 is 24.3 Å². The first-order chi connectivity index (χ1) is 14.8. The summed E-state index contributed by atoms with van der Waals surface area (Å²) in [4.78, 5) is 40.0. The number of likely N-dealkylation sites (tertiary alicyclic amines) is 1.